The summed E-state index contributed by atoms with van der Waals surface area (Å²) < 4.78 is 52.3. The predicted molar refractivity (Wildman–Crippen MR) is 143 cm³/mol. The zero-order valence-electron chi connectivity index (χ0n) is 21.9. The normalized spacial score (nSPS) is 18.3. The third kappa shape index (κ3) is 7.51. The van der Waals surface area contributed by atoms with Crippen LogP contribution in [0, 0.1) is 11.7 Å². The highest BCUT2D eigenvalue weighted by molar-refractivity contribution is 7.89. The molecule has 1 atom stereocenters. The summed E-state index contributed by atoms with van der Waals surface area (Å²) in [7, 11) is -3.79. The first-order valence-corrected chi connectivity index (χ1v) is 14.4. The number of nitrogens with zero attached hydrogens (tertiary/aromatic N) is 1. The van der Waals surface area contributed by atoms with Gasteiger partial charge in [0.1, 0.15) is 5.82 Å². The van der Waals surface area contributed by atoms with Gasteiger partial charge in [-0.15, -0.1) is 0 Å². The van der Waals surface area contributed by atoms with E-state index < -0.39 is 16.0 Å². The van der Waals surface area contributed by atoms with Crippen LogP contribution in [0.1, 0.15) is 51.1 Å². The number of nitrogens with one attached hydrogen (secondary N) is 2. The average Bonchev–Trinajstić information content (AvgIpc) is 2.92. The van der Waals surface area contributed by atoms with E-state index in [1.165, 1.54) is 24.3 Å². The second-order valence-electron chi connectivity index (χ2n) is 9.55. The van der Waals surface area contributed by atoms with E-state index in [1.807, 2.05) is 6.92 Å². The third-order valence-electron chi connectivity index (χ3n) is 6.74. The van der Waals surface area contributed by atoms with Crippen molar-refractivity contribution in [3.63, 3.8) is 0 Å². The smallest absolute Gasteiger partial charge is 0.344 e. The lowest BCUT2D eigenvalue weighted by Crippen LogP contribution is -2.41. The molecule has 11 heteroatoms. The van der Waals surface area contributed by atoms with Gasteiger partial charge >= 0.3 is 5.97 Å². The Bertz CT molecular complexity index is 1420. The molecular formula is C28H32FN3O6S. The fourth-order valence-electron chi connectivity index (χ4n) is 4.59. The van der Waals surface area contributed by atoms with Gasteiger partial charge in [-0.1, -0.05) is 12.1 Å². The van der Waals surface area contributed by atoms with Crippen molar-refractivity contribution in [3.05, 3.63) is 66.0 Å². The lowest BCUT2D eigenvalue weighted by molar-refractivity contribution is -0.145. The molecule has 0 saturated heterocycles. The standard InChI is InChI=1S/C28H32FN3O6S/c1-3-37-27(33)17-38-26-15-8-21-16-24(13-14-25(21)31-26)39(35,36)32-23-11-6-20(7-12-23)28(34)30-18(2)19-4-9-22(29)10-5-19/h4-5,8-10,13-16,18,20,23,32H,3,6-7,11-12,17H2,1-2H3,(H,30,34)/t18-,20-,23-/m1/s1. The number of sulfonamides is 1. The molecule has 2 N–H and O–H groups in total. The quantitative estimate of drug-likeness (QED) is 0.361. The molecule has 0 aliphatic heterocycles. The first kappa shape index (κ1) is 28.4. The Kier molecular flexibility index (Phi) is 9.13. The van der Waals surface area contributed by atoms with Crippen LogP contribution in [0.5, 0.6) is 5.88 Å². The van der Waals surface area contributed by atoms with Gasteiger partial charge in [-0.2, -0.15) is 0 Å². The van der Waals surface area contributed by atoms with E-state index in [2.05, 4.69) is 15.0 Å². The lowest BCUT2D eigenvalue weighted by Gasteiger charge is -2.29. The van der Waals surface area contributed by atoms with Gasteiger partial charge in [-0.3, -0.25) is 4.79 Å². The number of carbonyl (C=O) groups excluding carboxylic acids is 2. The summed E-state index contributed by atoms with van der Waals surface area (Å²) in [5.74, 6) is -0.885. The summed E-state index contributed by atoms with van der Waals surface area (Å²) in [4.78, 5) is 28.7. The number of esters is 1. The Morgan fingerprint density at radius 2 is 1.77 bits per heavy atom. The minimum atomic E-state index is -3.79. The Balaban J connectivity index is 1.31. The van der Waals surface area contributed by atoms with E-state index in [-0.39, 0.29) is 53.7 Å². The topological polar surface area (TPSA) is 124 Å². The molecule has 1 aromatic heterocycles. The number of aromatic nitrogens is 1. The van der Waals surface area contributed by atoms with Gasteiger partial charge in [-0.05, 0) is 81.5 Å². The van der Waals surface area contributed by atoms with Gasteiger partial charge in [0.25, 0.3) is 0 Å². The number of benzene rings is 2. The van der Waals surface area contributed by atoms with Gasteiger partial charge in [0, 0.05) is 23.4 Å². The van der Waals surface area contributed by atoms with Crippen molar-refractivity contribution in [2.24, 2.45) is 5.92 Å². The molecule has 4 rings (SSSR count). The third-order valence-corrected chi connectivity index (χ3v) is 8.26. The van der Waals surface area contributed by atoms with Crippen molar-refractivity contribution in [2.75, 3.05) is 13.2 Å². The molecule has 1 aliphatic carbocycles. The van der Waals surface area contributed by atoms with Gasteiger partial charge in [0.2, 0.25) is 21.8 Å². The average molecular weight is 558 g/mol. The van der Waals surface area contributed by atoms with E-state index >= 15 is 0 Å². The van der Waals surface area contributed by atoms with Gasteiger partial charge in [0.05, 0.1) is 23.1 Å². The second-order valence-corrected chi connectivity index (χ2v) is 11.3. The van der Waals surface area contributed by atoms with E-state index in [0.29, 0.717) is 36.6 Å². The molecule has 0 bridgehead atoms. The zero-order valence-corrected chi connectivity index (χ0v) is 22.7. The molecule has 1 amide bonds. The fraction of sp³-hybridized carbons (Fsp3) is 0.393. The number of hydrogen-bond donors (Lipinski definition) is 2. The minimum absolute atomic E-state index is 0.0826. The highest BCUT2D eigenvalue weighted by Gasteiger charge is 2.30. The largest absolute Gasteiger partial charge is 0.466 e. The maximum absolute atomic E-state index is 13.2. The second kappa shape index (κ2) is 12.5. The predicted octanol–water partition coefficient (Wildman–Crippen LogP) is 4.03. The summed E-state index contributed by atoms with van der Waals surface area (Å²) in [5, 5.41) is 3.58. The number of ether oxygens (including phenoxy) is 2. The summed E-state index contributed by atoms with van der Waals surface area (Å²) in [6, 6.07) is 13.3. The molecule has 0 radical (unpaired) electrons. The van der Waals surface area contributed by atoms with Crippen molar-refractivity contribution >= 4 is 32.8 Å². The Hall–Kier alpha value is -3.57. The first-order chi connectivity index (χ1) is 18.6. The zero-order chi connectivity index (χ0) is 28.0. The summed E-state index contributed by atoms with van der Waals surface area (Å²) in [6.45, 7) is 3.55. The summed E-state index contributed by atoms with van der Waals surface area (Å²) in [6.07, 6.45) is 2.20. The van der Waals surface area contributed by atoms with Gasteiger partial charge in [0.15, 0.2) is 6.61 Å². The molecule has 208 valence electrons. The molecule has 0 spiro atoms. The molecule has 1 fully saturated rings. The molecule has 1 aliphatic rings. The molecule has 0 unspecified atom stereocenters. The molecule has 1 heterocycles. The molecule has 39 heavy (non-hydrogen) atoms. The molecule has 2 aromatic carbocycles. The summed E-state index contributed by atoms with van der Waals surface area (Å²) in [5.41, 5.74) is 1.34. The number of rotatable bonds is 10. The van der Waals surface area contributed by atoms with Crippen molar-refractivity contribution in [3.8, 4) is 5.88 Å². The van der Waals surface area contributed by atoms with Gasteiger partial charge < -0.3 is 14.8 Å². The highest BCUT2D eigenvalue weighted by Crippen LogP contribution is 2.27. The summed E-state index contributed by atoms with van der Waals surface area (Å²) >= 11 is 0. The van der Waals surface area contributed by atoms with E-state index in [4.69, 9.17) is 9.47 Å². The number of amides is 1. The van der Waals surface area contributed by atoms with Gasteiger partial charge in [-0.25, -0.2) is 27.3 Å². The van der Waals surface area contributed by atoms with Crippen LogP contribution in [0.3, 0.4) is 0 Å². The van der Waals surface area contributed by atoms with Crippen LogP contribution in [0.4, 0.5) is 4.39 Å². The van der Waals surface area contributed by atoms with E-state index in [9.17, 15) is 22.4 Å². The van der Waals surface area contributed by atoms with Crippen LogP contribution in [0.2, 0.25) is 0 Å². The maximum atomic E-state index is 13.2. The maximum Gasteiger partial charge on any atom is 0.344 e. The lowest BCUT2D eigenvalue weighted by atomic mass is 9.85. The van der Waals surface area contributed by atoms with Crippen LogP contribution in [0.15, 0.2) is 59.5 Å². The Morgan fingerprint density at radius 3 is 2.46 bits per heavy atom. The monoisotopic (exact) mass is 557 g/mol. The number of pyridine rings is 1. The Labute approximate surface area is 227 Å². The molecular weight excluding hydrogens is 525 g/mol. The van der Waals surface area contributed by atoms with Crippen LogP contribution in [-0.2, 0) is 24.3 Å². The van der Waals surface area contributed by atoms with Crippen LogP contribution in [-0.4, -0.2) is 44.5 Å². The van der Waals surface area contributed by atoms with E-state index in [1.54, 1.807) is 37.3 Å². The molecule has 3 aromatic rings. The highest BCUT2D eigenvalue weighted by atomic mass is 32.2. The number of halogens is 1. The van der Waals surface area contributed by atoms with Crippen molar-refractivity contribution in [1.29, 1.82) is 0 Å². The molecule has 1 saturated carbocycles. The first-order valence-electron chi connectivity index (χ1n) is 12.9. The van der Waals surface area contributed by atoms with Crippen molar-refractivity contribution in [1.82, 2.24) is 15.0 Å². The number of hydrogen-bond acceptors (Lipinski definition) is 7. The minimum Gasteiger partial charge on any atom is -0.466 e. The van der Waals surface area contributed by atoms with Crippen LogP contribution < -0.4 is 14.8 Å². The number of fused-ring (bicyclic) bond motifs is 1. The number of carbonyl (C=O) groups is 2. The van der Waals surface area contributed by atoms with Crippen LogP contribution in [0.25, 0.3) is 10.9 Å². The fourth-order valence-corrected chi connectivity index (χ4v) is 5.93. The van der Waals surface area contributed by atoms with E-state index in [0.717, 1.165) is 5.56 Å². The molecule has 9 nitrogen and oxygen atoms in total. The SMILES string of the molecule is CCOC(=O)COc1ccc2cc(S(=O)(=O)N[C@H]3CC[C@H](C(=O)N[C@H](C)c4ccc(F)cc4)CC3)ccc2n1. The van der Waals surface area contributed by atoms with Crippen molar-refractivity contribution < 1.29 is 31.9 Å². The Morgan fingerprint density at radius 1 is 1.05 bits per heavy atom. The van der Waals surface area contributed by atoms with Crippen molar-refractivity contribution in [2.45, 2.75) is 56.5 Å². The van der Waals surface area contributed by atoms with Crippen LogP contribution >= 0.6 is 0 Å².